The SMILES string of the molecule is CC(C)c1ccc(S(=O)(=O)N(Cc2ccc(Cl)cc2)Cc2ccc(CN=C(N)N)cc2)cc1. The van der Waals surface area contributed by atoms with Gasteiger partial charge in [-0.2, -0.15) is 4.31 Å². The molecule has 0 saturated carbocycles. The third kappa shape index (κ3) is 6.81. The van der Waals surface area contributed by atoms with Gasteiger partial charge in [0.15, 0.2) is 5.96 Å². The lowest BCUT2D eigenvalue weighted by Crippen LogP contribution is -2.30. The summed E-state index contributed by atoms with van der Waals surface area (Å²) in [5, 5.41) is 0.605. The number of hydrogen-bond acceptors (Lipinski definition) is 3. The monoisotopic (exact) mass is 484 g/mol. The summed E-state index contributed by atoms with van der Waals surface area (Å²) in [5.41, 5.74) is 14.5. The van der Waals surface area contributed by atoms with Gasteiger partial charge in [0.25, 0.3) is 0 Å². The third-order valence-corrected chi connectivity index (χ3v) is 7.34. The summed E-state index contributed by atoms with van der Waals surface area (Å²) >= 11 is 6.01. The highest BCUT2D eigenvalue weighted by atomic mass is 35.5. The Morgan fingerprint density at radius 3 is 1.82 bits per heavy atom. The van der Waals surface area contributed by atoms with Gasteiger partial charge in [-0.1, -0.05) is 74.0 Å². The zero-order valence-electron chi connectivity index (χ0n) is 18.8. The normalized spacial score (nSPS) is 11.7. The average molecular weight is 485 g/mol. The fraction of sp³-hybridized carbons (Fsp3) is 0.240. The molecular formula is C25H29ClN4O2S. The van der Waals surface area contributed by atoms with Crippen molar-refractivity contribution in [3.8, 4) is 0 Å². The molecular weight excluding hydrogens is 456 g/mol. The van der Waals surface area contributed by atoms with Crippen LogP contribution in [0.4, 0.5) is 0 Å². The van der Waals surface area contributed by atoms with E-state index in [1.54, 1.807) is 24.3 Å². The molecule has 0 amide bonds. The number of sulfonamides is 1. The van der Waals surface area contributed by atoms with Crippen LogP contribution in [0.5, 0.6) is 0 Å². The summed E-state index contributed by atoms with van der Waals surface area (Å²) < 4.78 is 28.7. The molecule has 6 nitrogen and oxygen atoms in total. The van der Waals surface area contributed by atoms with Gasteiger partial charge < -0.3 is 11.5 Å². The summed E-state index contributed by atoms with van der Waals surface area (Å²) in [6.07, 6.45) is 0. The smallest absolute Gasteiger partial charge is 0.243 e. The van der Waals surface area contributed by atoms with Gasteiger partial charge in [-0.25, -0.2) is 13.4 Å². The molecule has 0 saturated heterocycles. The molecule has 0 spiro atoms. The van der Waals surface area contributed by atoms with E-state index in [0.29, 0.717) is 17.5 Å². The Morgan fingerprint density at radius 1 is 0.848 bits per heavy atom. The first-order valence-electron chi connectivity index (χ1n) is 10.6. The zero-order chi connectivity index (χ0) is 24.0. The van der Waals surface area contributed by atoms with Gasteiger partial charge >= 0.3 is 0 Å². The minimum absolute atomic E-state index is 0.0304. The molecule has 8 heteroatoms. The fourth-order valence-electron chi connectivity index (χ4n) is 3.33. The summed E-state index contributed by atoms with van der Waals surface area (Å²) in [6, 6.07) is 21.9. The first kappa shape index (κ1) is 24.8. The molecule has 0 aliphatic rings. The minimum Gasteiger partial charge on any atom is -0.370 e. The third-order valence-electron chi connectivity index (χ3n) is 5.28. The maximum Gasteiger partial charge on any atom is 0.243 e. The van der Waals surface area contributed by atoms with Crippen molar-refractivity contribution in [1.82, 2.24) is 4.31 Å². The van der Waals surface area contributed by atoms with Crippen LogP contribution in [0.1, 0.15) is 42.0 Å². The summed E-state index contributed by atoms with van der Waals surface area (Å²) in [7, 11) is -3.74. The Kier molecular flexibility index (Phi) is 8.13. The number of guanidine groups is 1. The van der Waals surface area contributed by atoms with Crippen molar-refractivity contribution in [2.45, 2.75) is 44.3 Å². The molecule has 3 aromatic rings. The largest absolute Gasteiger partial charge is 0.370 e. The van der Waals surface area contributed by atoms with Gasteiger partial charge in [0.05, 0.1) is 11.4 Å². The predicted octanol–water partition coefficient (Wildman–Crippen LogP) is 4.63. The number of hydrogen-bond donors (Lipinski definition) is 2. The van der Waals surface area contributed by atoms with Gasteiger partial charge in [0.1, 0.15) is 0 Å². The van der Waals surface area contributed by atoms with E-state index in [4.69, 9.17) is 23.1 Å². The lowest BCUT2D eigenvalue weighted by Gasteiger charge is -2.23. The Labute approximate surface area is 200 Å². The van der Waals surface area contributed by atoms with E-state index in [2.05, 4.69) is 18.8 Å². The molecule has 0 unspecified atom stereocenters. The van der Waals surface area contributed by atoms with E-state index >= 15 is 0 Å². The molecule has 0 radical (unpaired) electrons. The van der Waals surface area contributed by atoms with Crippen LogP contribution in [-0.2, 0) is 29.7 Å². The number of aliphatic imine (C=N–C) groups is 1. The van der Waals surface area contributed by atoms with Crippen molar-refractivity contribution in [2.75, 3.05) is 0 Å². The van der Waals surface area contributed by atoms with Crippen molar-refractivity contribution < 1.29 is 8.42 Å². The van der Waals surface area contributed by atoms with Crippen molar-refractivity contribution in [1.29, 1.82) is 0 Å². The van der Waals surface area contributed by atoms with E-state index in [1.165, 1.54) is 4.31 Å². The van der Waals surface area contributed by atoms with Crippen molar-refractivity contribution in [3.05, 3.63) is 100 Å². The maximum absolute atomic E-state index is 13.6. The highest BCUT2D eigenvalue weighted by Crippen LogP contribution is 2.24. The van der Waals surface area contributed by atoms with Crippen LogP contribution in [0.2, 0.25) is 5.02 Å². The summed E-state index contributed by atoms with van der Waals surface area (Å²) in [6.45, 7) is 4.97. The summed E-state index contributed by atoms with van der Waals surface area (Å²) in [5.74, 6) is 0.354. The van der Waals surface area contributed by atoms with Gasteiger partial charge in [0, 0.05) is 18.1 Å². The predicted molar refractivity (Wildman–Crippen MR) is 134 cm³/mol. The van der Waals surface area contributed by atoms with Crippen LogP contribution >= 0.6 is 11.6 Å². The standard InChI is InChI=1S/C25H29ClN4O2S/c1-18(2)22-9-13-24(14-10-22)33(31,32)30(17-21-7-11-23(26)12-8-21)16-20-5-3-19(4-6-20)15-29-25(27)28/h3-14,18H,15-17H2,1-2H3,(H4,27,28,29). The summed E-state index contributed by atoms with van der Waals surface area (Å²) in [4.78, 5) is 4.27. The molecule has 0 fully saturated rings. The number of rotatable bonds is 9. The molecule has 33 heavy (non-hydrogen) atoms. The van der Waals surface area contributed by atoms with Crippen LogP contribution < -0.4 is 11.5 Å². The van der Waals surface area contributed by atoms with E-state index in [1.807, 2.05) is 48.5 Å². The molecule has 0 aromatic heterocycles. The van der Waals surface area contributed by atoms with Crippen molar-refractivity contribution in [2.24, 2.45) is 16.5 Å². The number of nitrogens with two attached hydrogens (primary N) is 2. The second-order valence-electron chi connectivity index (χ2n) is 8.18. The zero-order valence-corrected chi connectivity index (χ0v) is 20.4. The number of nitrogens with zero attached hydrogens (tertiary/aromatic N) is 2. The first-order chi connectivity index (χ1) is 15.6. The fourth-order valence-corrected chi connectivity index (χ4v) is 4.87. The molecule has 0 atom stereocenters. The van der Waals surface area contributed by atoms with E-state index in [0.717, 1.165) is 22.3 Å². The van der Waals surface area contributed by atoms with Crippen LogP contribution in [0.3, 0.4) is 0 Å². The highest BCUT2D eigenvalue weighted by molar-refractivity contribution is 7.89. The molecule has 0 aliphatic heterocycles. The van der Waals surface area contributed by atoms with Crippen LogP contribution in [0.25, 0.3) is 0 Å². The quantitative estimate of drug-likeness (QED) is 0.341. The van der Waals surface area contributed by atoms with Crippen molar-refractivity contribution in [3.63, 3.8) is 0 Å². The molecule has 174 valence electrons. The second kappa shape index (κ2) is 10.8. The molecule has 3 rings (SSSR count). The number of benzene rings is 3. The Hall–Kier alpha value is -2.87. The molecule has 4 N–H and O–H groups in total. The lowest BCUT2D eigenvalue weighted by molar-refractivity contribution is 0.401. The van der Waals surface area contributed by atoms with Crippen LogP contribution in [0.15, 0.2) is 82.7 Å². The minimum atomic E-state index is -3.74. The maximum atomic E-state index is 13.6. The second-order valence-corrected chi connectivity index (χ2v) is 10.6. The highest BCUT2D eigenvalue weighted by Gasteiger charge is 2.25. The van der Waals surface area contributed by atoms with Crippen LogP contribution in [-0.4, -0.2) is 18.7 Å². The molecule has 0 aliphatic carbocycles. The molecule has 0 heterocycles. The van der Waals surface area contributed by atoms with E-state index < -0.39 is 10.0 Å². The van der Waals surface area contributed by atoms with Gasteiger partial charge in [-0.05, 0) is 52.4 Å². The van der Waals surface area contributed by atoms with Crippen LogP contribution in [0, 0.1) is 0 Å². The Morgan fingerprint density at radius 2 is 1.33 bits per heavy atom. The lowest BCUT2D eigenvalue weighted by atomic mass is 10.0. The average Bonchev–Trinajstić information content (AvgIpc) is 2.79. The molecule has 0 bridgehead atoms. The van der Waals surface area contributed by atoms with Gasteiger partial charge in [0.2, 0.25) is 10.0 Å². The topological polar surface area (TPSA) is 102 Å². The molecule has 3 aromatic carbocycles. The Balaban J connectivity index is 1.90. The van der Waals surface area contributed by atoms with Gasteiger partial charge in [-0.15, -0.1) is 0 Å². The Bertz CT molecular complexity index is 1190. The van der Waals surface area contributed by atoms with E-state index in [9.17, 15) is 8.42 Å². The van der Waals surface area contributed by atoms with Gasteiger partial charge in [-0.3, -0.25) is 0 Å². The van der Waals surface area contributed by atoms with E-state index in [-0.39, 0.29) is 23.9 Å². The number of halogens is 1. The van der Waals surface area contributed by atoms with Crippen molar-refractivity contribution >= 4 is 27.6 Å². The first-order valence-corrected chi connectivity index (χ1v) is 12.4.